The maximum atomic E-state index is 11.7. The van der Waals surface area contributed by atoms with Crippen molar-refractivity contribution >= 4 is 17.5 Å². The summed E-state index contributed by atoms with van der Waals surface area (Å²) in [6.07, 6.45) is 9.32. The summed E-state index contributed by atoms with van der Waals surface area (Å²) in [6, 6.07) is 7.41. The number of pyridine rings is 2. The van der Waals surface area contributed by atoms with Crippen LogP contribution in [0, 0.1) is 5.92 Å². The van der Waals surface area contributed by atoms with E-state index in [-0.39, 0.29) is 0 Å². The molecule has 3 heterocycles. The fourth-order valence-electron chi connectivity index (χ4n) is 4.18. The average Bonchev–Trinajstić information content (AvgIpc) is 2.79. The Morgan fingerprint density at radius 3 is 2.88 bits per heavy atom. The van der Waals surface area contributed by atoms with Crippen molar-refractivity contribution in [2.75, 3.05) is 36.8 Å². The number of hydrogen-bond donors (Lipinski definition) is 3. The lowest BCUT2D eigenvalue weighted by molar-refractivity contribution is -0.138. The number of fused-ring (bicyclic) bond motifs is 1. The topological polar surface area (TPSA) is 90.4 Å². The van der Waals surface area contributed by atoms with Gasteiger partial charge in [0.15, 0.2) is 0 Å². The molecule has 1 atom stereocenters. The van der Waals surface area contributed by atoms with Gasteiger partial charge in [0.1, 0.15) is 11.9 Å². The number of hydrogen-bond acceptors (Lipinski definition) is 6. The molecular formula is C25H37N5O2. The van der Waals surface area contributed by atoms with E-state index in [2.05, 4.69) is 46.5 Å². The fraction of sp³-hybridized carbons (Fsp3) is 0.560. The van der Waals surface area contributed by atoms with Gasteiger partial charge < -0.3 is 20.6 Å². The first-order chi connectivity index (χ1) is 15.5. The zero-order valence-corrected chi connectivity index (χ0v) is 19.4. The number of carbonyl (C=O) groups is 1. The zero-order valence-electron chi connectivity index (χ0n) is 19.4. The molecule has 0 fully saturated rings. The van der Waals surface area contributed by atoms with Crippen LogP contribution in [0.4, 0.5) is 11.5 Å². The quantitative estimate of drug-likeness (QED) is 0.405. The smallest absolute Gasteiger partial charge is 0.326 e. The van der Waals surface area contributed by atoms with E-state index >= 15 is 0 Å². The number of rotatable bonds is 13. The number of aromatic nitrogens is 2. The molecule has 0 saturated heterocycles. The van der Waals surface area contributed by atoms with E-state index in [1.54, 1.807) is 18.5 Å². The van der Waals surface area contributed by atoms with Crippen molar-refractivity contribution in [3.05, 3.63) is 47.9 Å². The lowest BCUT2D eigenvalue weighted by Gasteiger charge is -2.26. The van der Waals surface area contributed by atoms with Gasteiger partial charge in [-0.15, -0.1) is 0 Å². The van der Waals surface area contributed by atoms with E-state index in [9.17, 15) is 9.90 Å². The van der Waals surface area contributed by atoms with Crippen LogP contribution in [-0.2, 0) is 17.6 Å². The highest BCUT2D eigenvalue weighted by Crippen LogP contribution is 2.20. The van der Waals surface area contributed by atoms with Gasteiger partial charge in [-0.3, -0.25) is 4.98 Å². The summed E-state index contributed by atoms with van der Waals surface area (Å²) in [7, 11) is 0. The van der Waals surface area contributed by atoms with Crippen LogP contribution < -0.4 is 10.6 Å². The number of nitrogens with one attached hydrogen (secondary N) is 2. The summed E-state index contributed by atoms with van der Waals surface area (Å²) >= 11 is 0. The minimum atomic E-state index is -0.828. The van der Waals surface area contributed by atoms with Gasteiger partial charge >= 0.3 is 5.97 Å². The Kier molecular flexibility index (Phi) is 9.28. The van der Waals surface area contributed by atoms with Crippen LogP contribution in [0.5, 0.6) is 0 Å². The molecule has 7 nitrogen and oxygen atoms in total. The van der Waals surface area contributed by atoms with Crippen molar-refractivity contribution in [3.63, 3.8) is 0 Å². The number of carboxylic acids is 1. The molecule has 3 rings (SSSR count). The third-order valence-corrected chi connectivity index (χ3v) is 5.77. The minimum Gasteiger partial charge on any atom is -0.480 e. The normalized spacial score (nSPS) is 14.1. The molecule has 0 unspecified atom stereocenters. The van der Waals surface area contributed by atoms with E-state index in [1.807, 2.05) is 6.07 Å². The number of nitrogens with zero attached hydrogens (tertiary/aromatic N) is 3. The predicted octanol–water partition coefficient (Wildman–Crippen LogP) is 4.07. The molecule has 2 aromatic heterocycles. The Balaban J connectivity index is 1.46. The molecule has 0 spiro atoms. The van der Waals surface area contributed by atoms with Gasteiger partial charge in [-0.1, -0.05) is 19.9 Å². The Morgan fingerprint density at radius 1 is 1.25 bits per heavy atom. The molecule has 0 saturated carbocycles. The number of anilines is 2. The zero-order chi connectivity index (χ0) is 22.8. The lowest BCUT2D eigenvalue weighted by Crippen LogP contribution is -2.36. The van der Waals surface area contributed by atoms with Crippen LogP contribution in [0.3, 0.4) is 0 Å². The highest BCUT2D eigenvalue weighted by molar-refractivity contribution is 5.77. The predicted molar refractivity (Wildman–Crippen MR) is 129 cm³/mol. The SMILES string of the molecule is CC(C)CN(CCCCc1ccc2c(n1)NCCC2)CC[C@H](Nc1cccnc1)C(=O)O. The number of carboxylic acid groups (broad SMARTS) is 1. The molecule has 0 aliphatic carbocycles. The molecule has 0 radical (unpaired) electrons. The molecule has 0 amide bonds. The number of aryl methyl sites for hydroxylation is 2. The van der Waals surface area contributed by atoms with E-state index in [1.165, 1.54) is 12.0 Å². The largest absolute Gasteiger partial charge is 0.480 e. The van der Waals surface area contributed by atoms with Crippen molar-refractivity contribution < 1.29 is 9.90 Å². The first kappa shape index (κ1) is 24.0. The van der Waals surface area contributed by atoms with E-state index in [4.69, 9.17) is 4.98 Å². The summed E-state index contributed by atoms with van der Waals surface area (Å²) < 4.78 is 0. The summed E-state index contributed by atoms with van der Waals surface area (Å²) in [5.74, 6) is 0.777. The number of aliphatic carboxylic acids is 1. The first-order valence-electron chi connectivity index (χ1n) is 11.9. The summed E-state index contributed by atoms with van der Waals surface area (Å²) in [5.41, 5.74) is 3.22. The van der Waals surface area contributed by atoms with E-state index in [0.717, 1.165) is 69.1 Å². The Hall–Kier alpha value is -2.67. The molecule has 174 valence electrons. The molecule has 3 N–H and O–H groups in total. The van der Waals surface area contributed by atoms with Crippen molar-refractivity contribution in [2.45, 2.75) is 58.4 Å². The van der Waals surface area contributed by atoms with Crippen molar-refractivity contribution in [3.8, 4) is 0 Å². The van der Waals surface area contributed by atoms with E-state index in [0.29, 0.717) is 12.3 Å². The standard InChI is InChI=1S/C25H37N5O2/c1-19(2)18-30(16-12-23(25(31)32)28-22-9-6-13-26-17-22)15-4-3-8-21-11-10-20-7-5-14-27-24(20)29-21/h6,9-11,13,17,19,23,28H,3-5,7-8,12,14-16,18H2,1-2H3,(H,27,29)(H,31,32)/t23-/m0/s1. The van der Waals surface area contributed by atoms with Gasteiger partial charge in [-0.25, -0.2) is 9.78 Å². The van der Waals surface area contributed by atoms with Gasteiger partial charge in [0.05, 0.1) is 5.69 Å². The van der Waals surface area contributed by atoms with Crippen molar-refractivity contribution in [1.82, 2.24) is 14.9 Å². The summed E-state index contributed by atoms with van der Waals surface area (Å²) in [6.45, 7) is 8.13. The average molecular weight is 440 g/mol. The van der Waals surface area contributed by atoms with E-state index < -0.39 is 12.0 Å². The monoisotopic (exact) mass is 439 g/mol. The molecule has 2 aromatic rings. The highest BCUT2D eigenvalue weighted by Gasteiger charge is 2.19. The fourth-order valence-corrected chi connectivity index (χ4v) is 4.18. The van der Waals surface area contributed by atoms with Crippen molar-refractivity contribution in [1.29, 1.82) is 0 Å². The summed E-state index contributed by atoms with van der Waals surface area (Å²) in [5, 5.41) is 16.1. The van der Waals surface area contributed by atoms with Crippen LogP contribution in [0.15, 0.2) is 36.7 Å². The van der Waals surface area contributed by atoms with Crippen LogP contribution in [0.25, 0.3) is 0 Å². The maximum absolute atomic E-state index is 11.7. The highest BCUT2D eigenvalue weighted by atomic mass is 16.4. The molecule has 0 aromatic carbocycles. The first-order valence-corrected chi connectivity index (χ1v) is 11.9. The van der Waals surface area contributed by atoms with Crippen LogP contribution in [0.2, 0.25) is 0 Å². The molecule has 1 aliphatic rings. The Labute approximate surface area is 191 Å². The van der Waals surface area contributed by atoms with Crippen LogP contribution in [-0.4, -0.2) is 58.2 Å². The minimum absolute atomic E-state index is 0.540. The molecule has 32 heavy (non-hydrogen) atoms. The molecule has 7 heteroatoms. The molecule has 1 aliphatic heterocycles. The summed E-state index contributed by atoms with van der Waals surface area (Å²) in [4.78, 5) is 23.0. The van der Waals surface area contributed by atoms with Gasteiger partial charge in [-0.05, 0) is 74.8 Å². The third-order valence-electron chi connectivity index (χ3n) is 5.77. The molecular weight excluding hydrogens is 402 g/mol. The van der Waals surface area contributed by atoms with Crippen molar-refractivity contribution in [2.24, 2.45) is 5.92 Å². The van der Waals surface area contributed by atoms with Gasteiger partial charge in [0.25, 0.3) is 0 Å². The second-order valence-corrected chi connectivity index (χ2v) is 9.06. The van der Waals surface area contributed by atoms with Gasteiger partial charge in [-0.2, -0.15) is 0 Å². The van der Waals surface area contributed by atoms with Crippen LogP contribution in [0.1, 0.15) is 50.8 Å². The maximum Gasteiger partial charge on any atom is 0.326 e. The van der Waals surface area contributed by atoms with Crippen LogP contribution >= 0.6 is 0 Å². The molecule has 0 bridgehead atoms. The number of unbranched alkanes of at least 4 members (excludes halogenated alkanes) is 1. The second-order valence-electron chi connectivity index (χ2n) is 9.06. The van der Waals surface area contributed by atoms with Gasteiger partial charge in [0, 0.05) is 37.7 Å². The lowest BCUT2D eigenvalue weighted by atomic mass is 10.1. The third kappa shape index (κ3) is 7.79. The Morgan fingerprint density at radius 2 is 2.12 bits per heavy atom. The Bertz CT molecular complexity index is 843. The second kappa shape index (κ2) is 12.4. The van der Waals surface area contributed by atoms with Gasteiger partial charge in [0.2, 0.25) is 0 Å².